The van der Waals surface area contributed by atoms with Crippen molar-refractivity contribution < 1.29 is 4.39 Å². The Morgan fingerprint density at radius 1 is 1.23 bits per heavy atom. The number of benzene rings is 1. The molecule has 4 rings (SSSR count). The normalized spacial score (nSPS) is 15.0. The van der Waals surface area contributed by atoms with Gasteiger partial charge in [0.2, 0.25) is 0 Å². The molecule has 1 aliphatic carbocycles. The molecule has 0 radical (unpaired) electrons. The highest BCUT2D eigenvalue weighted by atomic mass is 35.5. The first-order valence-corrected chi connectivity index (χ1v) is 9.34. The Labute approximate surface area is 156 Å². The summed E-state index contributed by atoms with van der Waals surface area (Å²) in [6, 6.07) is 4.74. The molecule has 2 heterocycles. The molecule has 0 N–H and O–H groups in total. The van der Waals surface area contributed by atoms with Crippen LogP contribution >= 0.6 is 11.6 Å². The van der Waals surface area contributed by atoms with Crippen LogP contribution in [0.4, 0.5) is 4.39 Å². The van der Waals surface area contributed by atoms with Gasteiger partial charge in [0.05, 0.1) is 13.1 Å². The molecule has 0 aliphatic heterocycles. The van der Waals surface area contributed by atoms with E-state index in [0.717, 1.165) is 30.3 Å². The summed E-state index contributed by atoms with van der Waals surface area (Å²) >= 11 is 6.22. The van der Waals surface area contributed by atoms with Crippen LogP contribution in [0.5, 0.6) is 0 Å². The maximum Gasteiger partial charge on any atom is 0.154 e. The molecule has 0 bridgehead atoms. The molecular weight excluding hydrogens is 353 g/mol. The van der Waals surface area contributed by atoms with Crippen LogP contribution in [0, 0.1) is 12.7 Å². The molecule has 0 spiro atoms. The molecule has 5 nitrogen and oxygen atoms in total. The number of rotatable bonds is 5. The van der Waals surface area contributed by atoms with Crippen molar-refractivity contribution in [1.82, 2.24) is 24.3 Å². The molecular formula is C19H21ClFN5. The van der Waals surface area contributed by atoms with Crippen LogP contribution in [0.2, 0.25) is 5.02 Å². The number of imidazole rings is 1. The fraction of sp³-hybridized carbons (Fsp3) is 0.421. The summed E-state index contributed by atoms with van der Waals surface area (Å²) in [5.74, 6) is 2.65. The van der Waals surface area contributed by atoms with Gasteiger partial charge in [0.15, 0.2) is 5.82 Å². The van der Waals surface area contributed by atoms with Crippen LogP contribution in [-0.2, 0) is 13.1 Å². The summed E-state index contributed by atoms with van der Waals surface area (Å²) in [6.45, 7) is 2.78. The lowest BCUT2D eigenvalue weighted by Crippen LogP contribution is -2.12. The van der Waals surface area contributed by atoms with E-state index in [1.54, 1.807) is 23.0 Å². The van der Waals surface area contributed by atoms with E-state index in [1.807, 2.05) is 17.7 Å². The smallest absolute Gasteiger partial charge is 0.154 e. The van der Waals surface area contributed by atoms with Gasteiger partial charge in [-0.3, -0.25) is 0 Å². The third-order valence-corrected chi connectivity index (χ3v) is 5.44. The maximum absolute atomic E-state index is 14.3. The van der Waals surface area contributed by atoms with Gasteiger partial charge in [0.25, 0.3) is 0 Å². The van der Waals surface area contributed by atoms with E-state index in [2.05, 4.69) is 4.98 Å². The molecule has 3 aromatic rings. The maximum atomic E-state index is 14.3. The average molecular weight is 374 g/mol. The molecule has 26 heavy (non-hydrogen) atoms. The third-order valence-electron chi connectivity index (χ3n) is 5.09. The standard InChI is InChI=1S/C19H21ClFN5/c1-13-22-9-10-25(13)12-18-23-19(14-5-2-3-6-14)24-26(18)11-15-16(20)7-4-8-17(15)21/h4,7-10,14H,2-3,5-6,11-12H2,1H3. The van der Waals surface area contributed by atoms with Crippen LogP contribution < -0.4 is 0 Å². The lowest BCUT2D eigenvalue weighted by molar-refractivity contribution is 0.557. The topological polar surface area (TPSA) is 48.5 Å². The molecule has 1 aliphatic rings. The molecule has 7 heteroatoms. The van der Waals surface area contributed by atoms with Gasteiger partial charge < -0.3 is 4.57 Å². The summed E-state index contributed by atoms with van der Waals surface area (Å²) in [5.41, 5.74) is 0.445. The molecule has 136 valence electrons. The summed E-state index contributed by atoms with van der Waals surface area (Å²) < 4.78 is 18.1. The summed E-state index contributed by atoms with van der Waals surface area (Å²) in [7, 11) is 0. The van der Waals surface area contributed by atoms with Crippen molar-refractivity contribution in [3.8, 4) is 0 Å². The Morgan fingerprint density at radius 3 is 2.73 bits per heavy atom. The van der Waals surface area contributed by atoms with Gasteiger partial charge in [0, 0.05) is 28.9 Å². The first-order valence-electron chi connectivity index (χ1n) is 8.96. The largest absolute Gasteiger partial charge is 0.328 e. The summed E-state index contributed by atoms with van der Waals surface area (Å²) in [4.78, 5) is 9.06. The van der Waals surface area contributed by atoms with Gasteiger partial charge in [-0.1, -0.05) is 30.5 Å². The summed E-state index contributed by atoms with van der Waals surface area (Å²) in [5, 5.41) is 5.14. The SMILES string of the molecule is Cc1nccn1Cc1nc(C2CCCC2)nn1Cc1c(F)cccc1Cl. The quantitative estimate of drug-likeness (QED) is 0.668. The second kappa shape index (κ2) is 7.19. The fourth-order valence-electron chi connectivity index (χ4n) is 3.55. The minimum absolute atomic E-state index is 0.272. The average Bonchev–Trinajstić information content (AvgIpc) is 3.34. The van der Waals surface area contributed by atoms with Crippen molar-refractivity contribution in [3.63, 3.8) is 0 Å². The third kappa shape index (κ3) is 3.38. The number of aromatic nitrogens is 5. The van der Waals surface area contributed by atoms with E-state index < -0.39 is 0 Å². The number of aryl methyl sites for hydroxylation is 1. The zero-order chi connectivity index (χ0) is 18.1. The van der Waals surface area contributed by atoms with Gasteiger partial charge in [0.1, 0.15) is 17.5 Å². The Kier molecular flexibility index (Phi) is 4.76. The van der Waals surface area contributed by atoms with Crippen molar-refractivity contribution in [1.29, 1.82) is 0 Å². The molecule has 0 unspecified atom stereocenters. The number of nitrogens with zero attached hydrogens (tertiary/aromatic N) is 5. The minimum atomic E-state index is -0.319. The van der Waals surface area contributed by atoms with Gasteiger partial charge in [-0.05, 0) is 31.9 Å². The lowest BCUT2D eigenvalue weighted by Gasteiger charge is -2.10. The van der Waals surface area contributed by atoms with Gasteiger partial charge in [-0.15, -0.1) is 0 Å². The number of halogens is 2. The van der Waals surface area contributed by atoms with E-state index in [-0.39, 0.29) is 12.4 Å². The van der Waals surface area contributed by atoms with Crippen molar-refractivity contribution >= 4 is 11.6 Å². The molecule has 0 atom stereocenters. The van der Waals surface area contributed by atoms with E-state index in [9.17, 15) is 4.39 Å². The van der Waals surface area contributed by atoms with Crippen molar-refractivity contribution in [2.45, 2.75) is 51.6 Å². The van der Waals surface area contributed by atoms with Crippen LogP contribution in [0.1, 0.15) is 54.6 Å². The Hall–Kier alpha value is -2.21. The molecule has 2 aromatic heterocycles. The Balaban J connectivity index is 1.70. The van der Waals surface area contributed by atoms with E-state index in [0.29, 0.717) is 23.0 Å². The van der Waals surface area contributed by atoms with Crippen LogP contribution in [0.3, 0.4) is 0 Å². The minimum Gasteiger partial charge on any atom is -0.328 e. The Morgan fingerprint density at radius 2 is 2.04 bits per heavy atom. The first kappa shape index (κ1) is 17.2. The first-order chi connectivity index (χ1) is 12.6. The molecule has 1 aromatic carbocycles. The molecule has 0 amide bonds. The second-order valence-electron chi connectivity index (χ2n) is 6.83. The second-order valence-corrected chi connectivity index (χ2v) is 7.24. The lowest BCUT2D eigenvalue weighted by atomic mass is 10.1. The van der Waals surface area contributed by atoms with Crippen LogP contribution in [0.15, 0.2) is 30.6 Å². The highest BCUT2D eigenvalue weighted by Gasteiger charge is 2.24. The van der Waals surface area contributed by atoms with E-state index >= 15 is 0 Å². The predicted octanol–water partition coefficient (Wildman–Crippen LogP) is 4.33. The highest BCUT2D eigenvalue weighted by molar-refractivity contribution is 6.31. The van der Waals surface area contributed by atoms with E-state index in [4.69, 9.17) is 21.7 Å². The zero-order valence-electron chi connectivity index (χ0n) is 14.7. The van der Waals surface area contributed by atoms with Crippen LogP contribution in [-0.4, -0.2) is 24.3 Å². The number of hydrogen-bond acceptors (Lipinski definition) is 3. The monoisotopic (exact) mass is 373 g/mol. The van der Waals surface area contributed by atoms with Crippen molar-refractivity contribution in [3.05, 3.63) is 64.5 Å². The zero-order valence-corrected chi connectivity index (χ0v) is 15.5. The van der Waals surface area contributed by atoms with Crippen LogP contribution in [0.25, 0.3) is 0 Å². The fourth-order valence-corrected chi connectivity index (χ4v) is 3.77. The number of hydrogen-bond donors (Lipinski definition) is 0. The molecule has 1 saturated carbocycles. The highest BCUT2D eigenvalue weighted by Crippen LogP contribution is 2.32. The van der Waals surface area contributed by atoms with Gasteiger partial charge >= 0.3 is 0 Å². The molecule has 0 saturated heterocycles. The van der Waals surface area contributed by atoms with Gasteiger partial charge in [-0.25, -0.2) is 19.0 Å². The van der Waals surface area contributed by atoms with Crippen molar-refractivity contribution in [2.24, 2.45) is 0 Å². The van der Waals surface area contributed by atoms with Crippen molar-refractivity contribution in [2.75, 3.05) is 0 Å². The summed E-state index contributed by atoms with van der Waals surface area (Å²) in [6.07, 6.45) is 8.35. The Bertz CT molecular complexity index is 890. The van der Waals surface area contributed by atoms with E-state index in [1.165, 1.54) is 18.9 Å². The molecule has 1 fully saturated rings. The van der Waals surface area contributed by atoms with Gasteiger partial charge in [-0.2, -0.15) is 5.10 Å². The predicted molar refractivity (Wildman–Crippen MR) is 97.8 cm³/mol.